The average Bonchev–Trinajstić information content (AvgIpc) is 3.80. The molecule has 0 amide bonds. The third kappa shape index (κ3) is 5.79. The van der Waals surface area contributed by atoms with Crippen molar-refractivity contribution in [3.05, 3.63) is 68.5 Å². The zero-order chi connectivity index (χ0) is 27.5. The summed E-state index contributed by atoms with van der Waals surface area (Å²) in [5.74, 6) is 1.21. The molecule has 0 bridgehead atoms. The maximum atomic E-state index is 13.7. The number of pyridine rings is 1. The highest BCUT2D eigenvalue weighted by molar-refractivity contribution is 7.91. The van der Waals surface area contributed by atoms with Crippen molar-refractivity contribution >= 4 is 28.9 Å². The predicted octanol–water partition coefficient (Wildman–Crippen LogP) is 2.58. The molecular weight excluding hydrogens is 512 g/mol. The lowest BCUT2D eigenvalue weighted by molar-refractivity contribution is 0.464. The first kappa shape index (κ1) is 27.1. The van der Waals surface area contributed by atoms with Gasteiger partial charge >= 0.3 is 0 Å². The molecule has 2 aliphatic rings. The van der Waals surface area contributed by atoms with Crippen molar-refractivity contribution in [2.24, 2.45) is 9.98 Å². The van der Waals surface area contributed by atoms with Gasteiger partial charge in [-0.2, -0.15) is 0 Å². The summed E-state index contributed by atoms with van der Waals surface area (Å²) in [6, 6.07) is 3.56. The van der Waals surface area contributed by atoms with E-state index in [2.05, 4.69) is 32.2 Å². The van der Waals surface area contributed by atoms with Crippen LogP contribution in [-0.2, 0) is 17.7 Å². The van der Waals surface area contributed by atoms with Gasteiger partial charge in [-0.25, -0.2) is 15.0 Å². The van der Waals surface area contributed by atoms with Crippen LogP contribution in [0.25, 0.3) is 6.20 Å². The number of aromatic nitrogens is 5. The largest absolute Gasteiger partial charge is 0.611 e. The Morgan fingerprint density at radius 2 is 2.03 bits per heavy atom. The van der Waals surface area contributed by atoms with Gasteiger partial charge < -0.3 is 9.87 Å². The topological polar surface area (TPSA) is 133 Å². The summed E-state index contributed by atoms with van der Waals surface area (Å²) in [7, 11) is 0. The molecule has 4 heterocycles. The van der Waals surface area contributed by atoms with Crippen molar-refractivity contribution in [1.29, 1.82) is 0 Å². The van der Waals surface area contributed by atoms with Gasteiger partial charge in [-0.05, 0) is 63.3 Å². The van der Waals surface area contributed by atoms with Crippen molar-refractivity contribution in [3.63, 3.8) is 0 Å². The fourth-order valence-electron chi connectivity index (χ4n) is 4.85. The van der Waals surface area contributed by atoms with E-state index < -0.39 is 11.2 Å². The number of rotatable bonds is 10. The lowest BCUT2D eigenvalue weighted by Gasteiger charge is -2.16. The first-order valence-corrected chi connectivity index (χ1v) is 14.9. The third-order valence-electron chi connectivity index (χ3n) is 7.06. The quantitative estimate of drug-likeness (QED) is 0.386. The normalized spacial score (nSPS) is 16.3. The molecule has 1 aliphatic heterocycles. The van der Waals surface area contributed by atoms with Crippen LogP contribution in [0.3, 0.4) is 0 Å². The van der Waals surface area contributed by atoms with E-state index in [0.29, 0.717) is 40.5 Å². The van der Waals surface area contributed by atoms with Crippen molar-refractivity contribution in [3.8, 4) is 0 Å². The highest BCUT2D eigenvalue weighted by atomic mass is 32.2. The molecule has 1 aliphatic carbocycles. The van der Waals surface area contributed by atoms with Gasteiger partial charge in [0.25, 0.3) is 5.56 Å². The zero-order valence-electron chi connectivity index (χ0n) is 22.8. The Balaban J connectivity index is 1.53. The van der Waals surface area contributed by atoms with Crippen molar-refractivity contribution in [2.75, 3.05) is 17.6 Å². The fourth-order valence-corrected chi connectivity index (χ4v) is 5.57. The summed E-state index contributed by atoms with van der Waals surface area (Å²) in [6.07, 6.45) is 8.95. The molecule has 3 aromatic rings. The number of anilines is 1. The number of aliphatic imine (C=N–C) groups is 1. The summed E-state index contributed by atoms with van der Waals surface area (Å²) in [5, 5.41) is 3.71. The van der Waals surface area contributed by atoms with Gasteiger partial charge in [0, 0.05) is 17.5 Å². The summed E-state index contributed by atoms with van der Waals surface area (Å²) >= 11 is -1.06. The Morgan fingerprint density at radius 3 is 2.72 bits per heavy atom. The standard InChI is InChI=1S/C28H34N8O2S/c1-5-7-17(3)36-27-23(15-30-22(14-32-27)24-18(4)33-16-34-25(24)19-8-9-19)35-26(28(36)37)31-12-20-10-11-21(13-29-20)39(38)6-2/h10-11,13,15-17,19H,5-9,12,14H2,1-4H3,(H,31,35)/t17-,39?/m1/s1. The van der Waals surface area contributed by atoms with Gasteiger partial charge in [-0.1, -0.05) is 13.3 Å². The van der Waals surface area contributed by atoms with Crippen LogP contribution in [0.15, 0.2) is 44.3 Å². The SMILES string of the molecule is CCC[C@@H](C)n1c(=O)c(NCc2ccc([S+]([O-])CC)cn2)nc2c1=NCC(c1c(C)ncnc1C1CC1)=NC=2. The van der Waals surface area contributed by atoms with Crippen molar-refractivity contribution in [2.45, 2.75) is 76.8 Å². The monoisotopic (exact) mass is 546 g/mol. The van der Waals surface area contributed by atoms with Gasteiger partial charge in [0.1, 0.15) is 17.4 Å². The number of fused-ring (bicyclic) bond motifs is 1. The van der Waals surface area contributed by atoms with Crippen LogP contribution in [0.5, 0.6) is 0 Å². The summed E-state index contributed by atoms with van der Waals surface area (Å²) in [6.45, 7) is 8.61. The molecular formula is C28H34N8O2S. The van der Waals surface area contributed by atoms with E-state index in [1.54, 1.807) is 23.3 Å². The van der Waals surface area contributed by atoms with Crippen LogP contribution in [0.2, 0.25) is 0 Å². The molecule has 0 aromatic carbocycles. The number of nitrogens with one attached hydrogen (secondary N) is 1. The molecule has 1 saturated carbocycles. The summed E-state index contributed by atoms with van der Waals surface area (Å²) in [4.78, 5) is 42.1. The van der Waals surface area contributed by atoms with Gasteiger partial charge in [-0.15, -0.1) is 0 Å². The minimum absolute atomic E-state index is 0.0660. The van der Waals surface area contributed by atoms with Gasteiger partial charge in [0.15, 0.2) is 16.2 Å². The van der Waals surface area contributed by atoms with E-state index in [-0.39, 0.29) is 17.4 Å². The van der Waals surface area contributed by atoms with Crippen LogP contribution >= 0.6 is 0 Å². The van der Waals surface area contributed by atoms with Crippen molar-refractivity contribution < 1.29 is 4.55 Å². The second-order valence-corrected chi connectivity index (χ2v) is 11.7. The molecule has 10 nitrogen and oxygen atoms in total. The molecule has 1 unspecified atom stereocenters. The average molecular weight is 547 g/mol. The Bertz CT molecular complexity index is 1560. The molecule has 1 fully saturated rings. The third-order valence-corrected chi connectivity index (χ3v) is 8.35. The molecule has 1 N–H and O–H groups in total. The second-order valence-electron chi connectivity index (χ2n) is 9.97. The predicted molar refractivity (Wildman–Crippen MR) is 152 cm³/mol. The van der Waals surface area contributed by atoms with E-state index >= 15 is 0 Å². The minimum Gasteiger partial charge on any atom is -0.611 e. The Morgan fingerprint density at radius 1 is 1.21 bits per heavy atom. The molecule has 5 rings (SSSR count). The van der Waals surface area contributed by atoms with Gasteiger partial charge in [0.05, 0.1) is 48.3 Å². The number of nitrogens with zero attached hydrogens (tertiary/aromatic N) is 7. The first-order chi connectivity index (χ1) is 18.9. The smallest absolute Gasteiger partial charge is 0.295 e. The molecule has 39 heavy (non-hydrogen) atoms. The molecule has 0 saturated heterocycles. The number of aryl methyl sites for hydroxylation is 1. The van der Waals surface area contributed by atoms with E-state index in [0.717, 1.165) is 54.0 Å². The van der Waals surface area contributed by atoms with Crippen LogP contribution in [0.1, 0.15) is 81.1 Å². The number of hydrogen-bond acceptors (Lipinski definition) is 9. The molecule has 0 spiro atoms. The minimum atomic E-state index is -1.06. The summed E-state index contributed by atoms with van der Waals surface area (Å²) < 4.78 is 13.8. The molecule has 204 valence electrons. The molecule has 2 atom stereocenters. The Kier molecular flexibility index (Phi) is 8.18. The lowest BCUT2D eigenvalue weighted by atomic mass is 10.0. The highest BCUT2D eigenvalue weighted by Gasteiger charge is 2.30. The Hall–Kier alpha value is -3.44. The maximum absolute atomic E-state index is 13.7. The van der Waals surface area contributed by atoms with Gasteiger partial charge in [0.2, 0.25) is 0 Å². The van der Waals surface area contributed by atoms with E-state index in [9.17, 15) is 9.35 Å². The van der Waals surface area contributed by atoms with Crippen LogP contribution in [0.4, 0.5) is 5.82 Å². The second kappa shape index (κ2) is 11.7. The van der Waals surface area contributed by atoms with E-state index in [1.165, 1.54) is 0 Å². The van der Waals surface area contributed by atoms with Crippen LogP contribution in [-0.4, -0.2) is 47.1 Å². The van der Waals surface area contributed by atoms with Crippen molar-refractivity contribution in [1.82, 2.24) is 24.5 Å². The highest BCUT2D eigenvalue weighted by Crippen LogP contribution is 2.41. The molecule has 11 heteroatoms. The summed E-state index contributed by atoms with van der Waals surface area (Å²) in [5.41, 5.74) is 4.70. The maximum Gasteiger partial charge on any atom is 0.295 e. The van der Waals surface area contributed by atoms with Gasteiger partial charge in [-0.3, -0.25) is 24.3 Å². The molecule has 0 radical (unpaired) electrons. The van der Waals surface area contributed by atoms with E-state index in [1.807, 2.05) is 32.9 Å². The first-order valence-electron chi connectivity index (χ1n) is 13.5. The number of hydrogen-bond donors (Lipinski definition) is 1. The van der Waals surface area contributed by atoms with E-state index in [4.69, 9.17) is 9.98 Å². The Labute approximate surface area is 230 Å². The zero-order valence-corrected chi connectivity index (χ0v) is 23.7. The lowest BCUT2D eigenvalue weighted by Crippen LogP contribution is -2.48. The molecule has 3 aromatic heterocycles. The fraction of sp³-hybridized carbons (Fsp3) is 0.464. The van der Waals surface area contributed by atoms with Crippen LogP contribution < -0.4 is 21.7 Å². The van der Waals surface area contributed by atoms with Crippen LogP contribution in [0, 0.1) is 6.92 Å².